The first-order valence-electron chi connectivity index (χ1n) is 11.1. The summed E-state index contributed by atoms with van der Waals surface area (Å²) in [4.78, 5) is 3.34. The molecule has 3 aromatic rings. The number of nitrogens with zero attached hydrogens (tertiary/aromatic N) is 1. The lowest BCUT2D eigenvalue weighted by Gasteiger charge is -2.28. The SMILES string of the molecule is Cc1cc(-c2cc(S(=O)(=O)C3CC3)ccc2O[C@H]2CC[C@H](C)CC2)c2cc[nH]c2[n+]1[O-]. The third kappa shape index (κ3) is 3.69. The van der Waals surface area contributed by atoms with Crippen LogP contribution in [-0.2, 0) is 9.84 Å². The van der Waals surface area contributed by atoms with Crippen LogP contribution in [0.5, 0.6) is 5.75 Å². The zero-order chi connectivity index (χ0) is 21.8. The molecule has 0 spiro atoms. The van der Waals surface area contributed by atoms with Gasteiger partial charge in [0.2, 0.25) is 0 Å². The molecule has 0 saturated heterocycles. The summed E-state index contributed by atoms with van der Waals surface area (Å²) in [7, 11) is -3.34. The number of fused-ring (bicyclic) bond motifs is 1. The van der Waals surface area contributed by atoms with Crippen LogP contribution in [0.2, 0.25) is 0 Å². The molecule has 2 fully saturated rings. The van der Waals surface area contributed by atoms with Crippen LogP contribution in [0.1, 0.15) is 51.1 Å². The summed E-state index contributed by atoms with van der Waals surface area (Å²) in [6.07, 6.45) is 7.56. The Bertz CT molecular complexity index is 1240. The van der Waals surface area contributed by atoms with Crippen LogP contribution in [0.25, 0.3) is 22.2 Å². The van der Waals surface area contributed by atoms with E-state index < -0.39 is 9.84 Å². The molecule has 2 aliphatic carbocycles. The predicted molar refractivity (Wildman–Crippen MR) is 120 cm³/mol. The number of aryl methyl sites for hydroxylation is 1. The maximum absolute atomic E-state index is 12.9. The van der Waals surface area contributed by atoms with E-state index in [1.54, 1.807) is 31.3 Å². The van der Waals surface area contributed by atoms with Crippen molar-refractivity contribution in [3.63, 3.8) is 0 Å². The van der Waals surface area contributed by atoms with Crippen LogP contribution >= 0.6 is 0 Å². The highest BCUT2D eigenvalue weighted by molar-refractivity contribution is 7.92. The van der Waals surface area contributed by atoms with E-state index in [4.69, 9.17) is 4.74 Å². The molecule has 1 N–H and O–H groups in total. The predicted octanol–water partition coefficient (Wildman–Crippen LogP) is 4.67. The summed E-state index contributed by atoms with van der Waals surface area (Å²) in [6.45, 7) is 4.03. The van der Waals surface area contributed by atoms with Crippen molar-refractivity contribution in [3.05, 3.63) is 47.4 Å². The van der Waals surface area contributed by atoms with E-state index in [1.165, 1.54) is 0 Å². The largest absolute Gasteiger partial charge is 0.710 e. The molecule has 6 nitrogen and oxygen atoms in total. The van der Waals surface area contributed by atoms with Crippen molar-refractivity contribution in [1.29, 1.82) is 0 Å². The minimum atomic E-state index is -3.34. The van der Waals surface area contributed by atoms with Gasteiger partial charge in [-0.05, 0) is 81.7 Å². The highest BCUT2D eigenvalue weighted by Gasteiger charge is 2.37. The van der Waals surface area contributed by atoms with Gasteiger partial charge in [0.25, 0.3) is 5.65 Å². The highest BCUT2D eigenvalue weighted by atomic mass is 32.2. The van der Waals surface area contributed by atoms with Gasteiger partial charge in [-0.25, -0.2) is 18.1 Å². The van der Waals surface area contributed by atoms with E-state index in [2.05, 4.69) is 11.9 Å². The zero-order valence-electron chi connectivity index (χ0n) is 17.9. The number of nitrogens with one attached hydrogen (secondary N) is 1. The second-order valence-electron chi connectivity index (χ2n) is 9.14. The van der Waals surface area contributed by atoms with Gasteiger partial charge >= 0.3 is 0 Å². The molecular weight excluding hydrogens is 412 g/mol. The first-order valence-corrected chi connectivity index (χ1v) is 12.6. The number of aromatic amines is 1. The van der Waals surface area contributed by atoms with E-state index in [1.807, 2.05) is 12.1 Å². The van der Waals surface area contributed by atoms with Crippen LogP contribution in [0.3, 0.4) is 0 Å². The van der Waals surface area contributed by atoms with Gasteiger partial charge in [0, 0.05) is 11.1 Å². The van der Waals surface area contributed by atoms with Gasteiger partial charge in [0.1, 0.15) is 11.4 Å². The maximum Gasteiger partial charge on any atom is 0.290 e. The smallest absolute Gasteiger partial charge is 0.290 e. The second kappa shape index (κ2) is 7.55. The van der Waals surface area contributed by atoms with E-state index in [9.17, 15) is 13.6 Å². The fourth-order valence-corrected chi connectivity index (χ4v) is 6.27. The molecule has 164 valence electrons. The van der Waals surface area contributed by atoms with E-state index in [0.29, 0.717) is 27.9 Å². The average molecular weight is 441 g/mol. The number of pyridine rings is 1. The number of rotatable bonds is 5. The lowest BCUT2D eigenvalue weighted by molar-refractivity contribution is -0.586. The molecule has 0 radical (unpaired) electrons. The molecule has 5 rings (SSSR count). The topological polar surface area (TPSA) is 86.1 Å². The molecule has 2 aromatic heterocycles. The fraction of sp³-hybridized carbons (Fsp3) is 0.458. The van der Waals surface area contributed by atoms with Gasteiger partial charge in [-0.15, -0.1) is 0 Å². The quantitative estimate of drug-likeness (QED) is 0.461. The van der Waals surface area contributed by atoms with Crippen molar-refractivity contribution < 1.29 is 17.9 Å². The Morgan fingerprint density at radius 2 is 1.77 bits per heavy atom. The molecule has 0 amide bonds. The van der Waals surface area contributed by atoms with Crippen LogP contribution in [0.4, 0.5) is 0 Å². The first-order chi connectivity index (χ1) is 14.8. The molecule has 31 heavy (non-hydrogen) atoms. The van der Waals surface area contributed by atoms with Gasteiger partial charge in [0.05, 0.1) is 27.8 Å². The number of aromatic nitrogens is 2. The molecule has 1 aromatic carbocycles. The Labute approximate surface area is 182 Å². The Balaban J connectivity index is 1.64. The summed E-state index contributed by atoms with van der Waals surface area (Å²) < 4.78 is 33.2. The van der Waals surface area contributed by atoms with E-state index in [0.717, 1.165) is 59.8 Å². The first kappa shape index (κ1) is 20.4. The maximum atomic E-state index is 12.9. The second-order valence-corrected chi connectivity index (χ2v) is 11.4. The Hall–Kier alpha value is -2.54. The number of sulfone groups is 1. The number of hydrogen-bond donors (Lipinski definition) is 1. The number of H-pyrrole nitrogens is 1. The van der Waals surface area contributed by atoms with Crippen molar-refractivity contribution >= 4 is 20.9 Å². The molecule has 7 heteroatoms. The van der Waals surface area contributed by atoms with Crippen LogP contribution in [0, 0.1) is 18.0 Å². The standard InChI is InChI=1S/C24H28N2O4S/c1-15-3-5-17(6-4-15)30-23-10-9-19(31(28,29)18-7-8-18)14-22(23)21-13-16(2)26(27)24-20(21)11-12-25-24/h9-15,17-18,25H,3-8H2,1-2H3/t15-,17-. The molecule has 0 bridgehead atoms. The molecule has 2 aliphatic rings. The lowest BCUT2D eigenvalue weighted by Crippen LogP contribution is -2.31. The summed E-state index contributed by atoms with van der Waals surface area (Å²) in [5.74, 6) is 1.40. The highest BCUT2D eigenvalue weighted by Crippen LogP contribution is 2.41. The van der Waals surface area contributed by atoms with Crippen molar-refractivity contribution in [2.24, 2.45) is 5.92 Å². The minimum Gasteiger partial charge on any atom is -0.710 e. The lowest BCUT2D eigenvalue weighted by atomic mass is 9.89. The van der Waals surface area contributed by atoms with Gasteiger partial charge in [-0.3, -0.25) is 0 Å². The van der Waals surface area contributed by atoms with Crippen molar-refractivity contribution in [2.45, 2.75) is 68.6 Å². The molecular formula is C24H28N2O4S. The Kier molecular flexibility index (Phi) is 4.96. The molecule has 0 atom stereocenters. The van der Waals surface area contributed by atoms with Gasteiger partial charge in [-0.2, -0.15) is 0 Å². The van der Waals surface area contributed by atoms with Gasteiger partial charge in [-0.1, -0.05) is 6.92 Å². The Morgan fingerprint density at radius 3 is 2.48 bits per heavy atom. The fourth-order valence-electron chi connectivity index (χ4n) is 4.59. The van der Waals surface area contributed by atoms with Crippen molar-refractivity contribution in [3.8, 4) is 16.9 Å². The zero-order valence-corrected chi connectivity index (χ0v) is 18.7. The van der Waals surface area contributed by atoms with Crippen LogP contribution < -0.4 is 9.47 Å². The molecule has 2 heterocycles. The summed E-state index contributed by atoms with van der Waals surface area (Å²) in [5, 5.41) is 13.0. The normalized spacial score (nSPS) is 22.0. The van der Waals surface area contributed by atoms with Crippen LogP contribution in [0.15, 0.2) is 41.4 Å². The Morgan fingerprint density at radius 1 is 1.03 bits per heavy atom. The van der Waals surface area contributed by atoms with Crippen LogP contribution in [-0.4, -0.2) is 24.8 Å². The molecule has 0 aliphatic heterocycles. The van der Waals surface area contributed by atoms with Crippen molar-refractivity contribution in [1.82, 2.24) is 4.98 Å². The minimum absolute atomic E-state index is 0.122. The summed E-state index contributed by atoms with van der Waals surface area (Å²) >= 11 is 0. The average Bonchev–Trinajstić information content (AvgIpc) is 3.51. The van der Waals surface area contributed by atoms with E-state index in [-0.39, 0.29) is 11.4 Å². The van der Waals surface area contributed by atoms with Gasteiger partial charge in [0.15, 0.2) is 9.84 Å². The van der Waals surface area contributed by atoms with Gasteiger partial charge < -0.3 is 9.94 Å². The monoisotopic (exact) mass is 440 g/mol. The number of benzene rings is 1. The number of hydrogen-bond acceptors (Lipinski definition) is 4. The third-order valence-electron chi connectivity index (χ3n) is 6.68. The van der Waals surface area contributed by atoms with Crippen molar-refractivity contribution in [2.75, 3.05) is 0 Å². The summed E-state index contributed by atoms with van der Waals surface area (Å²) in [6, 6.07) is 8.89. The number of ether oxygens (including phenoxy) is 1. The molecule has 0 unspecified atom stereocenters. The summed E-state index contributed by atoms with van der Waals surface area (Å²) in [5.41, 5.74) is 2.54. The molecule has 2 saturated carbocycles. The van der Waals surface area contributed by atoms with E-state index >= 15 is 0 Å². The third-order valence-corrected chi connectivity index (χ3v) is 8.94.